The molecule has 0 aliphatic carbocycles. The quantitative estimate of drug-likeness (QED) is 0.645. The summed E-state index contributed by atoms with van der Waals surface area (Å²) in [6.07, 6.45) is 0. The summed E-state index contributed by atoms with van der Waals surface area (Å²) in [7, 11) is 0. The molecule has 0 N–H and O–H groups in total. The van der Waals surface area contributed by atoms with Crippen molar-refractivity contribution in [1.29, 1.82) is 0 Å². The minimum absolute atomic E-state index is 0.343. The van der Waals surface area contributed by atoms with Crippen LogP contribution in [0.1, 0.15) is 46.1 Å². The van der Waals surface area contributed by atoms with E-state index in [4.69, 9.17) is 0 Å². The van der Waals surface area contributed by atoms with Crippen molar-refractivity contribution in [1.82, 2.24) is 0 Å². The lowest BCUT2D eigenvalue weighted by Crippen LogP contribution is -2.23. The van der Waals surface area contributed by atoms with E-state index in [1.807, 2.05) is 0 Å². The van der Waals surface area contributed by atoms with Crippen molar-refractivity contribution in [3.63, 3.8) is 0 Å². The predicted molar refractivity (Wildman–Crippen MR) is 63.5 cm³/mol. The molecule has 0 saturated heterocycles. The van der Waals surface area contributed by atoms with Gasteiger partial charge in [-0.15, -0.1) is 0 Å². The SMILES string of the molecule is CC(C)[C@@H](c1ccccc1)C(C)(C)C. The molecular weight excluding hydrogens is 168 g/mol. The molecule has 0 aliphatic rings. The van der Waals surface area contributed by atoms with Crippen LogP contribution in [0.2, 0.25) is 0 Å². The van der Waals surface area contributed by atoms with E-state index in [0.717, 1.165) is 0 Å². The lowest BCUT2D eigenvalue weighted by molar-refractivity contribution is 0.258. The fraction of sp³-hybridized carbons (Fsp3) is 0.571. The monoisotopic (exact) mass is 190 g/mol. The molecule has 0 bridgehead atoms. The van der Waals surface area contributed by atoms with Crippen LogP contribution < -0.4 is 0 Å². The van der Waals surface area contributed by atoms with Gasteiger partial charge < -0.3 is 0 Å². The fourth-order valence-electron chi connectivity index (χ4n) is 2.55. The Hall–Kier alpha value is -0.780. The standard InChI is InChI=1S/C14H22/c1-11(2)13(14(3,4)5)12-9-7-6-8-10-12/h6-11,13H,1-5H3/t13-/m0/s1. The van der Waals surface area contributed by atoms with Crippen LogP contribution in [-0.4, -0.2) is 0 Å². The molecule has 14 heavy (non-hydrogen) atoms. The van der Waals surface area contributed by atoms with E-state index < -0.39 is 0 Å². The van der Waals surface area contributed by atoms with Crippen molar-refractivity contribution in [2.75, 3.05) is 0 Å². The molecule has 78 valence electrons. The lowest BCUT2D eigenvalue weighted by atomic mass is 9.71. The largest absolute Gasteiger partial charge is 0.0622 e. The lowest BCUT2D eigenvalue weighted by Gasteiger charge is -2.34. The first-order valence-corrected chi connectivity index (χ1v) is 5.48. The maximum Gasteiger partial charge on any atom is -0.00902 e. The summed E-state index contributed by atoms with van der Waals surface area (Å²) in [5, 5.41) is 0. The van der Waals surface area contributed by atoms with Gasteiger partial charge in [0.25, 0.3) is 0 Å². The summed E-state index contributed by atoms with van der Waals surface area (Å²) in [6, 6.07) is 10.8. The maximum atomic E-state index is 2.32. The molecule has 0 aliphatic heterocycles. The van der Waals surface area contributed by atoms with Crippen LogP contribution in [0.15, 0.2) is 30.3 Å². The second-order valence-electron chi connectivity index (χ2n) is 5.50. The Kier molecular flexibility index (Phi) is 3.36. The molecule has 1 atom stereocenters. The Morgan fingerprint density at radius 3 is 1.79 bits per heavy atom. The zero-order valence-corrected chi connectivity index (χ0v) is 10.0. The summed E-state index contributed by atoms with van der Waals surface area (Å²) in [4.78, 5) is 0. The van der Waals surface area contributed by atoms with Crippen molar-refractivity contribution in [2.24, 2.45) is 11.3 Å². The first-order chi connectivity index (χ1) is 6.43. The number of hydrogen-bond acceptors (Lipinski definition) is 0. The molecule has 0 aromatic heterocycles. The van der Waals surface area contributed by atoms with Crippen LogP contribution in [0.3, 0.4) is 0 Å². The third kappa shape index (κ3) is 2.60. The van der Waals surface area contributed by atoms with Gasteiger partial charge in [0.2, 0.25) is 0 Å². The smallest absolute Gasteiger partial charge is 0.00902 e. The van der Waals surface area contributed by atoms with E-state index in [0.29, 0.717) is 17.3 Å². The Morgan fingerprint density at radius 1 is 0.929 bits per heavy atom. The van der Waals surface area contributed by atoms with Gasteiger partial charge in [0.05, 0.1) is 0 Å². The van der Waals surface area contributed by atoms with Crippen molar-refractivity contribution in [2.45, 2.75) is 40.5 Å². The third-order valence-electron chi connectivity index (χ3n) is 2.76. The molecular formula is C14H22. The molecule has 0 nitrogen and oxygen atoms in total. The number of rotatable bonds is 2. The zero-order chi connectivity index (χ0) is 10.8. The minimum Gasteiger partial charge on any atom is -0.0622 e. The Bertz CT molecular complexity index is 264. The van der Waals surface area contributed by atoms with E-state index in [1.165, 1.54) is 5.56 Å². The summed E-state index contributed by atoms with van der Waals surface area (Å²) >= 11 is 0. The first-order valence-electron chi connectivity index (χ1n) is 5.48. The minimum atomic E-state index is 0.343. The molecule has 0 radical (unpaired) electrons. The molecule has 0 saturated carbocycles. The third-order valence-corrected chi connectivity index (χ3v) is 2.76. The van der Waals surface area contributed by atoms with Gasteiger partial charge in [-0.25, -0.2) is 0 Å². The summed E-state index contributed by atoms with van der Waals surface area (Å²) < 4.78 is 0. The average Bonchev–Trinajstić information content (AvgIpc) is 2.02. The van der Waals surface area contributed by atoms with E-state index in [1.54, 1.807) is 0 Å². The van der Waals surface area contributed by atoms with Crippen molar-refractivity contribution in [3.8, 4) is 0 Å². The van der Waals surface area contributed by atoms with Gasteiger partial charge in [-0.2, -0.15) is 0 Å². The van der Waals surface area contributed by atoms with E-state index in [2.05, 4.69) is 65.0 Å². The molecule has 0 heteroatoms. The fourth-order valence-corrected chi connectivity index (χ4v) is 2.55. The first kappa shape index (κ1) is 11.3. The van der Waals surface area contributed by atoms with Crippen molar-refractivity contribution >= 4 is 0 Å². The number of benzene rings is 1. The molecule has 0 fully saturated rings. The molecule has 0 spiro atoms. The Morgan fingerprint density at radius 2 is 1.43 bits per heavy atom. The van der Waals surface area contributed by atoms with E-state index >= 15 is 0 Å². The van der Waals surface area contributed by atoms with Gasteiger partial charge in [0, 0.05) is 0 Å². The number of hydrogen-bond donors (Lipinski definition) is 0. The highest BCUT2D eigenvalue weighted by molar-refractivity contribution is 5.21. The van der Waals surface area contributed by atoms with Gasteiger partial charge in [0.1, 0.15) is 0 Å². The molecule has 1 aromatic carbocycles. The highest BCUT2D eigenvalue weighted by Gasteiger charge is 2.28. The molecule has 1 aromatic rings. The van der Waals surface area contributed by atoms with Gasteiger partial charge in [-0.1, -0.05) is 65.0 Å². The summed E-state index contributed by atoms with van der Waals surface area (Å²) in [6.45, 7) is 11.6. The van der Waals surface area contributed by atoms with Crippen LogP contribution >= 0.6 is 0 Å². The van der Waals surface area contributed by atoms with Crippen molar-refractivity contribution in [3.05, 3.63) is 35.9 Å². The summed E-state index contributed by atoms with van der Waals surface area (Å²) in [5.41, 5.74) is 1.81. The predicted octanol–water partition coefficient (Wildman–Crippen LogP) is 4.47. The highest BCUT2D eigenvalue weighted by Crippen LogP contribution is 2.40. The molecule has 0 amide bonds. The Labute approximate surface area is 88.4 Å². The average molecular weight is 190 g/mol. The van der Waals surface area contributed by atoms with Gasteiger partial charge in [-0.3, -0.25) is 0 Å². The normalized spacial score (nSPS) is 14.4. The topological polar surface area (TPSA) is 0 Å². The second-order valence-corrected chi connectivity index (χ2v) is 5.50. The Balaban J connectivity index is 3.02. The zero-order valence-electron chi connectivity index (χ0n) is 10.0. The van der Waals surface area contributed by atoms with Crippen LogP contribution in [0.5, 0.6) is 0 Å². The van der Waals surface area contributed by atoms with Crippen molar-refractivity contribution < 1.29 is 0 Å². The van der Waals surface area contributed by atoms with Crippen LogP contribution in [0.25, 0.3) is 0 Å². The van der Waals surface area contributed by atoms with E-state index in [-0.39, 0.29) is 0 Å². The van der Waals surface area contributed by atoms with E-state index in [9.17, 15) is 0 Å². The molecule has 1 rings (SSSR count). The highest BCUT2D eigenvalue weighted by atomic mass is 14.3. The van der Waals surface area contributed by atoms with Gasteiger partial charge >= 0.3 is 0 Å². The van der Waals surface area contributed by atoms with Gasteiger partial charge in [-0.05, 0) is 22.8 Å². The second kappa shape index (κ2) is 4.16. The van der Waals surface area contributed by atoms with Crippen LogP contribution in [0, 0.1) is 11.3 Å². The maximum absolute atomic E-state index is 2.32. The van der Waals surface area contributed by atoms with Crippen LogP contribution in [-0.2, 0) is 0 Å². The van der Waals surface area contributed by atoms with Gasteiger partial charge in [0.15, 0.2) is 0 Å². The summed E-state index contributed by atoms with van der Waals surface area (Å²) in [5.74, 6) is 1.33. The van der Waals surface area contributed by atoms with Crippen LogP contribution in [0.4, 0.5) is 0 Å². The molecule has 0 heterocycles. The molecule has 0 unspecified atom stereocenters.